The molecule has 0 spiro atoms. The summed E-state index contributed by atoms with van der Waals surface area (Å²) >= 11 is 5.90. The summed E-state index contributed by atoms with van der Waals surface area (Å²) in [5.74, 6) is 0.102. The van der Waals surface area contributed by atoms with E-state index in [1.165, 1.54) is 4.57 Å². The number of nitrogens with one attached hydrogen (secondary N) is 1. The number of nitrogens with zero attached hydrogens (tertiary/aromatic N) is 4. The van der Waals surface area contributed by atoms with E-state index in [1.807, 2.05) is 0 Å². The van der Waals surface area contributed by atoms with Crippen LogP contribution in [0.4, 0.5) is 4.79 Å². The van der Waals surface area contributed by atoms with Crippen molar-refractivity contribution < 1.29 is 14.3 Å². The van der Waals surface area contributed by atoms with E-state index in [-0.39, 0.29) is 18.6 Å². The smallest absolute Gasteiger partial charge is 0.312 e. The number of halogens is 1. The number of amides is 2. The largest absolute Gasteiger partial charge is 0.457 e. The third kappa shape index (κ3) is 4.12. The highest BCUT2D eigenvalue weighted by Gasteiger charge is 2.20. The maximum Gasteiger partial charge on any atom is 0.312 e. The van der Waals surface area contributed by atoms with Crippen LogP contribution in [0, 0.1) is 0 Å². The van der Waals surface area contributed by atoms with Gasteiger partial charge in [0, 0.05) is 12.1 Å². The summed E-state index contributed by atoms with van der Waals surface area (Å²) in [6.45, 7) is -0.174. The Morgan fingerprint density at radius 2 is 1.88 bits per heavy atom. The average Bonchev–Trinajstić information content (AvgIpc) is 3.20. The monoisotopic (exact) mass is 454 g/mol. The zero-order valence-corrected chi connectivity index (χ0v) is 17.7. The van der Waals surface area contributed by atoms with Crippen molar-refractivity contribution in [3.05, 3.63) is 75.3 Å². The number of para-hydroxylation sites is 1. The lowest BCUT2D eigenvalue weighted by Crippen LogP contribution is -2.34. The Kier molecular flexibility index (Phi) is 5.78. The number of hydrogen-bond acceptors (Lipinski definition) is 6. The minimum atomic E-state index is -0.770. The van der Waals surface area contributed by atoms with Crippen molar-refractivity contribution in [3.63, 3.8) is 0 Å². The minimum Gasteiger partial charge on any atom is -0.457 e. The van der Waals surface area contributed by atoms with E-state index in [4.69, 9.17) is 22.1 Å². The van der Waals surface area contributed by atoms with Gasteiger partial charge in [-0.05, 0) is 29.8 Å². The van der Waals surface area contributed by atoms with Crippen LogP contribution in [0.5, 0.6) is 0 Å². The van der Waals surface area contributed by atoms with Gasteiger partial charge in [0.2, 0.25) is 5.78 Å². The van der Waals surface area contributed by atoms with Crippen LogP contribution in [-0.4, -0.2) is 31.2 Å². The molecule has 2 amide bonds. The quantitative estimate of drug-likeness (QED) is 0.428. The number of urea groups is 1. The number of esters is 1. The first kappa shape index (κ1) is 21.3. The Labute approximate surface area is 186 Å². The van der Waals surface area contributed by atoms with Gasteiger partial charge in [0.05, 0.1) is 23.4 Å². The van der Waals surface area contributed by atoms with Crippen LogP contribution >= 0.6 is 11.6 Å². The first-order valence-corrected chi connectivity index (χ1v) is 10.0. The number of rotatable bonds is 6. The summed E-state index contributed by atoms with van der Waals surface area (Å²) in [6, 6.07) is 12.3. The van der Waals surface area contributed by atoms with E-state index >= 15 is 0 Å². The van der Waals surface area contributed by atoms with Gasteiger partial charge in [0.1, 0.15) is 0 Å². The molecule has 0 aliphatic carbocycles. The van der Waals surface area contributed by atoms with Crippen LogP contribution in [0.1, 0.15) is 23.9 Å². The summed E-state index contributed by atoms with van der Waals surface area (Å²) < 4.78 is 8.45. The number of hydrogen-bond donors (Lipinski definition) is 2. The third-order valence-corrected chi connectivity index (χ3v) is 5.27. The van der Waals surface area contributed by atoms with Gasteiger partial charge >= 0.3 is 12.0 Å². The van der Waals surface area contributed by atoms with E-state index in [0.717, 1.165) is 0 Å². The van der Waals surface area contributed by atoms with Crippen molar-refractivity contribution in [2.24, 2.45) is 12.8 Å². The number of carbonyl (C=O) groups excluding carboxylic acids is 2. The first-order valence-electron chi connectivity index (χ1n) is 9.64. The predicted molar refractivity (Wildman–Crippen MR) is 117 cm³/mol. The van der Waals surface area contributed by atoms with Gasteiger partial charge in [-0.1, -0.05) is 35.9 Å². The van der Waals surface area contributed by atoms with Gasteiger partial charge in [0.15, 0.2) is 12.4 Å². The molecule has 0 aliphatic heterocycles. The molecule has 1 unspecified atom stereocenters. The molecule has 10 nitrogen and oxygen atoms in total. The number of ether oxygens (including phenoxy) is 1. The highest BCUT2D eigenvalue weighted by atomic mass is 35.5. The van der Waals surface area contributed by atoms with E-state index < -0.39 is 18.0 Å². The van der Waals surface area contributed by atoms with Crippen LogP contribution in [0.2, 0.25) is 5.02 Å². The first-order chi connectivity index (χ1) is 15.3. The highest BCUT2D eigenvalue weighted by molar-refractivity contribution is 6.30. The number of carbonyl (C=O) groups is 2. The third-order valence-electron chi connectivity index (χ3n) is 5.01. The number of aryl methyl sites for hydroxylation is 1. The van der Waals surface area contributed by atoms with E-state index in [1.54, 1.807) is 60.0 Å². The fourth-order valence-corrected chi connectivity index (χ4v) is 3.60. The molecule has 0 aliphatic rings. The Hall–Kier alpha value is -3.92. The molecule has 1 atom stereocenters. The number of benzene rings is 2. The Bertz CT molecular complexity index is 1380. The van der Waals surface area contributed by atoms with E-state index in [0.29, 0.717) is 33.1 Å². The zero-order valence-electron chi connectivity index (χ0n) is 17.0. The second-order valence-corrected chi connectivity index (χ2v) is 7.55. The molecule has 2 heterocycles. The Morgan fingerprint density at radius 1 is 1.16 bits per heavy atom. The van der Waals surface area contributed by atoms with Gasteiger partial charge in [-0.2, -0.15) is 0 Å². The molecule has 4 rings (SSSR count). The lowest BCUT2D eigenvalue weighted by atomic mass is 10.0. The molecule has 0 saturated carbocycles. The topological polar surface area (TPSA) is 134 Å². The second kappa shape index (κ2) is 8.67. The van der Waals surface area contributed by atoms with Gasteiger partial charge in [0.25, 0.3) is 5.56 Å². The van der Waals surface area contributed by atoms with Crippen molar-refractivity contribution in [1.82, 2.24) is 24.5 Å². The Morgan fingerprint density at radius 3 is 2.59 bits per heavy atom. The summed E-state index contributed by atoms with van der Waals surface area (Å²) in [4.78, 5) is 36.5. The molecule has 0 fully saturated rings. The number of fused-ring (bicyclic) bond motifs is 3. The van der Waals surface area contributed by atoms with Crippen LogP contribution < -0.4 is 16.6 Å². The minimum absolute atomic E-state index is 0.152. The lowest BCUT2D eigenvalue weighted by Gasteiger charge is -2.17. The van der Waals surface area contributed by atoms with Crippen molar-refractivity contribution in [2.75, 3.05) is 0 Å². The maximum atomic E-state index is 12.5. The predicted octanol–water partition coefficient (Wildman–Crippen LogP) is 2.08. The number of primary amides is 1. The second-order valence-electron chi connectivity index (χ2n) is 7.11. The number of nitrogens with two attached hydrogens (primary N) is 1. The lowest BCUT2D eigenvalue weighted by molar-refractivity contribution is -0.145. The Balaban J connectivity index is 1.56. The van der Waals surface area contributed by atoms with Gasteiger partial charge < -0.3 is 15.8 Å². The average molecular weight is 455 g/mol. The molecule has 0 bridgehead atoms. The maximum absolute atomic E-state index is 12.5. The molecule has 3 N–H and O–H groups in total. The molecule has 0 radical (unpaired) electrons. The normalized spacial score (nSPS) is 12.1. The summed E-state index contributed by atoms with van der Waals surface area (Å²) in [5.41, 5.74) is 6.31. The van der Waals surface area contributed by atoms with Gasteiger partial charge in [-0.15, -0.1) is 10.2 Å². The summed E-state index contributed by atoms with van der Waals surface area (Å²) in [7, 11) is 1.60. The number of aromatic nitrogens is 4. The highest BCUT2D eigenvalue weighted by Crippen LogP contribution is 2.21. The fourth-order valence-electron chi connectivity index (χ4n) is 3.48. The van der Waals surface area contributed by atoms with Crippen LogP contribution in [0.3, 0.4) is 0 Å². The van der Waals surface area contributed by atoms with Crippen LogP contribution in [0.15, 0.2) is 53.3 Å². The van der Waals surface area contributed by atoms with Crippen molar-refractivity contribution in [3.8, 4) is 0 Å². The fraction of sp³-hybridized carbons (Fsp3) is 0.190. The van der Waals surface area contributed by atoms with E-state index in [9.17, 15) is 14.4 Å². The molecule has 164 valence electrons. The van der Waals surface area contributed by atoms with Crippen molar-refractivity contribution >= 4 is 40.3 Å². The SMILES string of the molecule is Cn1c(=O)c2ccccc2n2c(COC(=O)CC(NC(N)=O)c3ccc(Cl)cc3)nnc12. The molecular formula is C21H19ClN6O4. The van der Waals surface area contributed by atoms with Crippen molar-refractivity contribution in [1.29, 1.82) is 0 Å². The molecule has 2 aromatic carbocycles. The van der Waals surface area contributed by atoms with Gasteiger partial charge in [-0.3, -0.25) is 18.6 Å². The summed E-state index contributed by atoms with van der Waals surface area (Å²) in [5, 5.41) is 11.7. The van der Waals surface area contributed by atoms with E-state index in [2.05, 4.69) is 15.5 Å². The zero-order chi connectivity index (χ0) is 22.8. The molecule has 0 saturated heterocycles. The summed E-state index contributed by atoms with van der Waals surface area (Å²) in [6.07, 6.45) is -0.152. The standard InChI is InChI=1S/C21H19ClN6O4/c1-27-19(30)14-4-2-3-5-16(14)28-17(25-26-21(27)28)11-32-18(29)10-15(24-20(23)31)12-6-8-13(22)9-7-12/h2-9,15H,10-11H2,1H3,(H3,23,24,31). The van der Waals surface area contributed by atoms with Gasteiger partial charge in [-0.25, -0.2) is 4.79 Å². The molecule has 32 heavy (non-hydrogen) atoms. The van der Waals surface area contributed by atoms with Crippen LogP contribution in [-0.2, 0) is 23.2 Å². The molecule has 11 heteroatoms. The van der Waals surface area contributed by atoms with Crippen LogP contribution in [0.25, 0.3) is 16.7 Å². The van der Waals surface area contributed by atoms with Crippen molar-refractivity contribution in [2.45, 2.75) is 19.1 Å². The molecule has 4 aromatic rings. The molecule has 2 aromatic heterocycles. The molecular weight excluding hydrogens is 436 g/mol.